The zero-order chi connectivity index (χ0) is 18.4. The Bertz CT molecular complexity index is 735. The normalized spacial score (nSPS) is 25.7. The van der Waals surface area contributed by atoms with Gasteiger partial charge in [-0.2, -0.15) is 0 Å². The average Bonchev–Trinajstić information content (AvgIpc) is 2.40. The number of ether oxygens (including phenoxy) is 2. The monoisotopic (exact) mass is 363 g/mol. The zero-order valence-corrected chi connectivity index (χ0v) is 14.5. The quantitative estimate of drug-likeness (QED) is 0.516. The molecule has 24 heavy (non-hydrogen) atoms. The first-order chi connectivity index (χ1) is 10.8. The molecule has 0 aromatic carbocycles. The van der Waals surface area contributed by atoms with Crippen molar-refractivity contribution in [2.45, 2.75) is 44.8 Å². The molecule has 1 unspecified atom stereocenters. The molecule has 1 fully saturated rings. The summed E-state index contributed by atoms with van der Waals surface area (Å²) in [5, 5.41) is -1.74. The van der Waals surface area contributed by atoms with Gasteiger partial charge in [0.2, 0.25) is 6.17 Å². The van der Waals surface area contributed by atoms with Crippen LogP contribution in [-0.2, 0) is 33.7 Å². The van der Waals surface area contributed by atoms with Crippen molar-refractivity contribution in [2.75, 3.05) is 12.4 Å². The standard InChI is InChI=1S/C14H18FNO7S/c1-7(17)22-5-8-6-24(20,21)12-9(15)11(18)16(12)10(8)13(19)23-14(2,3)4/h9,12H,5-6H2,1-4H3/t9-,12?/m1/s1. The number of β-lactam (4-membered cyclic amide) rings is 1. The summed E-state index contributed by atoms with van der Waals surface area (Å²) >= 11 is 0. The van der Waals surface area contributed by atoms with Gasteiger partial charge in [0.1, 0.15) is 17.9 Å². The number of carbonyl (C=O) groups excluding carboxylic acids is 3. The summed E-state index contributed by atoms with van der Waals surface area (Å²) in [7, 11) is -4.04. The summed E-state index contributed by atoms with van der Waals surface area (Å²) in [5.41, 5.74) is -1.40. The number of amides is 1. The molecule has 2 atom stereocenters. The lowest BCUT2D eigenvalue weighted by molar-refractivity contribution is -0.161. The topological polar surface area (TPSA) is 107 Å². The van der Waals surface area contributed by atoms with Crippen LogP contribution < -0.4 is 0 Å². The third-order valence-corrected chi connectivity index (χ3v) is 5.28. The van der Waals surface area contributed by atoms with E-state index in [0.29, 0.717) is 4.90 Å². The molecule has 8 nitrogen and oxygen atoms in total. The van der Waals surface area contributed by atoms with E-state index in [4.69, 9.17) is 9.47 Å². The molecule has 0 spiro atoms. The maximum absolute atomic E-state index is 13.7. The molecule has 0 bridgehead atoms. The molecule has 134 valence electrons. The van der Waals surface area contributed by atoms with Crippen molar-refractivity contribution in [3.8, 4) is 0 Å². The Morgan fingerprint density at radius 1 is 1.33 bits per heavy atom. The third kappa shape index (κ3) is 3.28. The minimum absolute atomic E-state index is 0.115. The zero-order valence-electron chi connectivity index (χ0n) is 13.7. The van der Waals surface area contributed by atoms with Gasteiger partial charge in [-0.3, -0.25) is 14.5 Å². The van der Waals surface area contributed by atoms with E-state index < -0.39 is 57.2 Å². The van der Waals surface area contributed by atoms with E-state index in [9.17, 15) is 27.2 Å². The molecule has 0 N–H and O–H groups in total. The molecule has 10 heteroatoms. The Balaban J connectivity index is 2.48. The fourth-order valence-corrected chi connectivity index (χ4v) is 4.33. The molecule has 2 aliphatic heterocycles. The molecule has 0 aliphatic carbocycles. The second kappa shape index (κ2) is 5.83. The fraction of sp³-hybridized carbons (Fsp3) is 0.643. The molecule has 1 amide bonds. The maximum Gasteiger partial charge on any atom is 0.355 e. The van der Waals surface area contributed by atoms with Gasteiger partial charge in [0.25, 0.3) is 5.91 Å². The number of nitrogens with zero attached hydrogens (tertiary/aromatic N) is 1. The number of esters is 2. The lowest BCUT2D eigenvalue weighted by atomic mass is 10.1. The lowest BCUT2D eigenvalue weighted by Crippen LogP contribution is -2.68. The summed E-state index contributed by atoms with van der Waals surface area (Å²) in [4.78, 5) is 35.7. The van der Waals surface area contributed by atoms with Gasteiger partial charge in [-0.25, -0.2) is 17.6 Å². The summed E-state index contributed by atoms with van der Waals surface area (Å²) in [6.07, 6.45) is -2.22. The first-order valence-corrected chi connectivity index (χ1v) is 8.84. The number of fused-ring (bicyclic) bond motifs is 1. The average molecular weight is 363 g/mol. The number of alkyl halides is 1. The van der Waals surface area contributed by atoms with E-state index in [2.05, 4.69) is 0 Å². The highest BCUT2D eigenvalue weighted by atomic mass is 32.2. The van der Waals surface area contributed by atoms with Gasteiger partial charge >= 0.3 is 11.9 Å². The first kappa shape index (κ1) is 18.4. The van der Waals surface area contributed by atoms with E-state index in [-0.39, 0.29) is 11.3 Å². The van der Waals surface area contributed by atoms with Crippen LogP contribution in [0.3, 0.4) is 0 Å². The Labute approximate surface area is 138 Å². The number of hydrogen-bond acceptors (Lipinski definition) is 7. The second-order valence-corrected chi connectivity index (χ2v) is 8.64. The van der Waals surface area contributed by atoms with Gasteiger partial charge < -0.3 is 9.47 Å². The molecule has 2 aliphatic rings. The number of carbonyl (C=O) groups is 3. The SMILES string of the molecule is CC(=O)OCC1=C(C(=O)OC(C)(C)C)N2C(=O)[C@@H](F)C2S(=O)(=O)C1. The molecule has 0 aromatic heterocycles. The minimum Gasteiger partial charge on any atom is -0.461 e. The second-order valence-electron chi connectivity index (χ2n) is 6.54. The highest BCUT2D eigenvalue weighted by molar-refractivity contribution is 7.92. The largest absolute Gasteiger partial charge is 0.461 e. The smallest absolute Gasteiger partial charge is 0.355 e. The predicted octanol–water partition coefficient (Wildman–Crippen LogP) is 0.0801. The highest BCUT2D eigenvalue weighted by Crippen LogP contribution is 2.39. The van der Waals surface area contributed by atoms with Crippen molar-refractivity contribution in [2.24, 2.45) is 0 Å². The van der Waals surface area contributed by atoms with Crippen molar-refractivity contribution in [3.63, 3.8) is 0 Å². The van der Waals surface area contributed by atoms with Crippen LogP contribution in [0.25, 0.3) is 0 Å². The minimum atomic E-state index is -4.04. The summed E-state index contributed by atoms with van der Waals surface area (Å²) in [5.74, 6) is -3.48. The van der Waals surface area contributed by atoms with E-state index in [0.717, 1.165) is 6.92 Å². The van der Waals surface area contributed by atoms with E-state index in [1.54, 1.807) is 20.8 Å². The highest BCUT2D eigenvalue weighted by Gasteiger charge is 2.61. The number of rotatable bonds is 3. The van der Waals surface area contributed by atoms with Crippen molar-refractivity contribution >= 4 is 27.7 Å². The molecular formula is C14H18FNO7S. The molecule has 2 rings (SSSR count). The number of halogens is 1. The Morgan fingerprint density at radius 3 is 2.42 bits per heavy atom. The third-order valence-electron chi connectivity index (χ3n) is 3.34. The Kier molecular flexibility index (Phi) is 4.47. The number of hydrogen-bond donors (Lipinski definition) is 0. The van der Waals surface area contributed by atoms with Crippen LogP contribution in [-0.4, -0.2) is 60.7 Å². The predicted molar refractivity (Wildman–Crippen MR) is 78.8 cm³/mol. The maximum atomic E-state index is 13.7. The van der Waals surface area contributed by atoms with Gasteiger partial charge in [0, 0.05) is 12.5 Å². The Morgan fingerprint density at radius 2 is 1.92 bits per heavy atom. The Hall–Kier alpha value is -1.97. The van der Waals surface area contributed by atoms with Crippen molar-refractivity contribution in [1.29, 1.82) is 0 Å². The van der Waals surface area contributed by atoms with Crippen LogP contribution in [0.15, 0.2) is 11.3 Å². The van der Waals surface area contributed by atoms with Gasteiger partial charge in [-0.1, -0.05) is 0 Å². The summed E-state index contributed by atoms with van der Waals surface area (Å²) in [6.45, 7) is 5.37. The van der Waals surface area contributed by atoms with Gasteiger partial charge in [-0.05, 0) is 20.8 Å². The van der Waals surface area contributed by atoms with Gasteiger partial charge in [0.15, 0.2) is 15.2 Å². The molecule has 0 aromatic rings. The van der Waals surface area contributed by atoms with Crippen LogP contribution in [0.1, 0.15) is 27.7 Å². The molecule has 0 radical (unpaired) electrons. The molecular weight excluding hydrogens is 345 g/mol. The van der Waals surface area contributed by atoms with Crippen LogP contribution in [0.4, 0.5) is 4.39 Å². The molecule has 1 saturated heterocycles. The van der Waals surface area contributed by atoms with Gasteiger partial charge in [-0.15, -0.1) is 0 Å². The van der Waals surface area contributed by atoms with E-state index >= 15 is 0 Å². The van der Waals surface area contributed by atoms with Crippen molar-refractivity contribution in [3.05, 3.63) is 11.3 Å². The lowest BCUT2D eigenvalue weighted by Gasteiger charge is -2.46. The van der Waals surface area contributed by atoms with Crippen LogP contribution >= 0.6 is 0 Å². The summed E-state index contributed by atoms with van der Waals surface area (Å²) < 4.78 is 47.9. The van der Waals surface area contributed by atoms with Crippen LogP contribution in [0.5, 0.6) is 0 Å². The molecule has 2 heterocycles. The van der Waals surface area contributed by atoms with E-state index in [1.165, 1.54) is 0 Å². The van der Waals surface area contributed by atoms with Crippen molar-refractivity contribution < 1.29 is 36.7 Å². The van der Waals surface area contributed by atoms with E-state index in [1.807, 2.05) is 0 Å². The first-order valence-electron chi connectivity index (χ1n) is 7.12. The van der Waals surface area contributed by atoms with Crippen LogP contribution in [0, 0.1) is 0 Å². The van der Waals surface area contributed by atoms with Gasteiger partial charge in [0.05, 0.1) is 5.75 Å². The fourth-order valence-electron chi connectivity index (χ4n) is 2.44. The number of sulfone groups is 1. The van der Waals surface area contributed by atoms with Crippen molar-refractivity contribution in [1.82, 2.24) is 4.90 Å². The molecule has 0 saturated carbocycles. The van der Waals surface area contributed by atoms with Crippen LogP contribution in [0.2, 0.25) is 0 Å². The summed E-state index contributed by atoms with van der Waals surface area (Å²) in [6, 6.07) is 0.